The number of azide groups is 1. The monoisotopic (exact) mass is 252 g/mol. The van der Waals surface area contributed by atoms with Crippen LogP contribution in [0.4, 0.5) is 5.69 Å². The van der Waals surface area contributed by atoms with E-state index in [1.54, 1.807) is 12.1 Å². The molecule has 0 atom stereocenters. The number of aryl methyl sites for hydroxylation is 1. The molecule has 1 aromatic carbocycles. The van der Waals surface area contributed by atoms with E-state index in [0.29, 0.717) is 0 Å². The normalized spacial score (nSPS) is 10.4. The lowest BCUT2D eigenvalue weighted by atomic mass is 10.1. The second-order valence-corrected chi connectivity index (χ2v) is 3.97. The van der Waals surface area contributed by atoms with Crippen molar-refractivity contribution in [1.29, 1.82) is 0 Å². The molecule has 0 fully saturated rings. The third-order valence-corrected chi connectivity index (χ3v) is 2.51. The minimum Gasteiger partial charge on any atom is -0.507 e. The van der Waals surface area contributed by atoms with Gasteiger partial charge in [0.25, 0.3) is 0 Å². The Hall–Kier alpha value is -2.78. The molecule has 0 unspecified atom stereocenters. The zero-order valence-corrected chi connectivity index (χ0v) is 10.4. The summed E-state index contributed by atoms with van der Waals surface area (Å²) in [6.45, 7) is 1.93. The Bertz CT molecular complexity index is 673. The summed E-state index contributed by atoms with van der Waals surface area (Å²) in [5, 5.41) is 12.9. The van der Waals surface area contributed by atoms with E-state index < -0.39 is 0 Å². The minimum absolute atomic E-state index is 0.0383. The fourth-order valence-electron chi connectivity index (χ4n) is 1.61. The number of phenols is 1. The first-order valence-corrected chi connectivity index (χ1v) is 5.69. The average molecular weight is 252 g/mol. The number of benzene rings is 1. The van der Waals surface area contributed by atoms with Crippen LogP contribution in [0.3, 0.4) is 0 Å². The predicted octanol–water partition coefficient (Wildman–Crippen LogP) is 4.21. The maximum absolute atomic E-state index is 9.49. The van der Waals surface area contributed by atoms with Gasteiger partial charge >= 0.3 is 0 Å². The minimum atomic E-state index is -0.0383. The first-order valence-electron chi connectivity index (χ1n) is 5.69. The van der Waals surface area contributed by atoms with Crippen molar-refractivity contribution in [2.75, 3.05) is 0 Å². The number of phenolic OH excluding ortho intramolecular Hbond substituents is 1. The number of hydrogen-bond acceptors (Lipinski definition) is 3. The van der Waals surface area contributed by atoms with Crippen LogP contribution in [0.25, 0.3) is 22.6 Å². The molecule has 5 nitrogen and oxygen atoms in total. The van der Waals surface area contributed by atoms with Crippen molar-refractivity contribution in [3.63, 3.8) is 0 Å². The van der Waals surface area contributed by atoms with E-state index in [9.17, 15) is 5.11 Å². The second-order valence-electron chi connectivity index (χ2n) is 3.97. The molecule has 5 heteroatoms. The van der Waals surface area contributed by atoms with Crippen LogP contribution in [-0.4, -0.2) is 10.1 Å². The molecule has 2 rings (SSSR count). The molecular formula is C14H12N4O. The topological polar surface area (TPSA) is 81.9 Å². The molecule has 1 heterocycles. The van der Waals surface area contributed by atoms with Gasteiger partial charge in [-0.05, 0) is 48.4 Å². The molecule has 1 aromatic heterocycles. The fraction of sp³-hybridized carbons (Fsp3) is 0.0714. The van der Waals surface area contributed by atoms with Crippen molar-refractivity contribution in [1.82, 2.24) is 4.98 Å². The SMILES string of the molecule is Cc1cccc(/C=C/c2ccc(O)c(N=[N+]=[N-])c2)n1. The molecule has 0 bridgehead atoms. The third kappa shape index (κ3) is 3.34. The maximum Gasteiger partial charge on any atom is 0.125 e. The highest BCUT2D eigenvalue weighted by Gasteiger charge is 1.98. The standard InChI is InChI=1S/C14H12N4O/c1-10-3-2-4-12(16-10)7-5-11-6-8-14(19)13(9-11)17-18-15/h2-9,19H,1H3/b7-5+. The van der Waals surface area contributed by atoms with Crippen LogP contribution in [0, 0.1) is 6.92 Å². The zero-order valence-electron chi connectivity index (χ0n) is 10.4. The molecule has 0 radical (unpaired) electrons. The van der Waals surface area contributed by atoms with Crippen molar-refractivity contribution in [2.24, 2.45) is 5.11 Å². The highest BCUT2D eigenvalue weighted by Crippen LogP contribution is 2.28. The van der Waals surface area contributed by atoms with Crippen molar-refractivity contribution in [3.8, 4) is 5.75 Å². The molecule has 2 aromatic rings. The van der Waals surface area contributed by atoms with E-state index in [1.807, 2.05) is 37.3 Å². The van der Waals surface area contributed by atoms with Crippen LogP contribution >= 0.6 is 0 Å². The summed E-state index contributed by atoms with van der Waals surface area (Å²) >= 11 is 0. The molecule has 0 aliphatic rings. The lowest BCUT2D eigenvalue weighted by Crippen LogP contribution is -1.83. The first-order chi connectivity index (χ1) is 9.19. The van der Waals surface area contributed by atoms with E-state index in [0.717, 1.165) is 17.0 Å². The van der Waals surface area contributed by atoms with Crippen LogP contribution in [0.2, 0.25) is 0 Å². The van der Waals surface area contributed by atoms with E-state index in [1.165, 1.54) is 6.07 Å². The van der Waals surface area contributed by atoms with Crippen LogP contribution < -0.4 is 0 Å². The van der Waals surface area contributed by atoms with Crippen LogP contribution in [0.5, 0.6) is 5.75 Å². The van der Waals surface area contributed by atoms with Gasteiger partial charge in [0, 0.05) is 10.6 Å². The van der Waals surface area contributed by atoms with Crippen LogP contribution in [0.1, 0.15) is 17.0 Å². The highest BCUT2D eigenvalue weighted by atomic mass is 16.3. The van der Waals surface area contributed by atoms with E-state index in [2.05, 4.69) is 15.0 Å². The number of aromatic hydroxyl groups is 1. The van der Waals surface area contributed by atoms with Gasteiger partial charge in [-0.2, -0.15) is 0 Å². The molecule has 0 saturated carbocycles. The smallest absolute Gasteiger partial charge is 0.125 e. The van der Waals surface area contributed by atoms with Crippen molar-refractivity contribution >= 4 is 17.8 Å². The van der Waals surface area contributed by atoms with Gasteiger partial charge in [-0.1, -0.05) is 23.3 Å². The molecular weight excluding hydrogens is 240 g/mol. The molecule has 0 saturated heterocycles. The number of hydrogen-bond donors (Lipinski definition) is 1. The van der Waals surface area contributed by atoms with Crippen LogP contribution in [-0.2, 0) is 0 Å². The maximum atomic E-state index is 9.49. The summed E-state index contributed by atoms with van der Waals surface area (Å²) in [6.07, 6.45) is 3.71. The molecule has 0 aliphatic carbocycles. The largest absolute Gasteiger partial charge is 0.507 e. The van der Waals surface area contributed by atoms with Crippen LogP contribution in [0.15, 0.2) is 41.5 Å². The molecule has 1 N–H and O–H groups in total. The summed E-state index contributed by atoms with van der Waals surface area (Å²) in [4.78, 5) is 7.01. The Morgan fingerprint density at radius 1 is 1.26 bits per heavy atom. The van der Waals surface area contributed by atoms with Gasteiger partial charge in [0.2, 0.25) is 0 Å². The number of rotatable bonds is 3. The summed E-state index contributed by atoms with van der Waals surface area (Å²) < 4.78 is 0. The second kappa shape index (κ2) is 5.71. The quantitative estimate of drug-likeness (QED) is 0.504. The molecule has 19 heavy (non-hydrogen) atoms. The Morgan fingerprint density at radius 2 is 2.11 bits per heavy atom. The zero-order chi connectivity index (χ0) is 13.7. The molecule has 0 aliphatic heterocycles. The highest BCUT2D eigenvalue weighted by molar-refractivity contribution is 5.71. The average Bonchev–Trinajstić information content (AvgIpc) is 2.40. The summed E-state index contributed by atoms with van der Waals surface area (Å²) in [6, 6.07) is 10.6. The van der Waals surface area contributed by atoms with Gasteiger partial charge in [0.1, 0.15) is 5.75 Å². The van der Waals surface area contributed by atoms with E-state index in [-0.39, 0.29) is 11.4 Å². The summed E-state index contributed by atoms with van der Waals surface area (Å²) in [7, 11) is 0. The predicted molar refractivity (Wildman–Crippen MR) is 74.8 cm³/mol. The summed E-state index contributed by atoms with van der Waals surface area (Å²) in [5.74, 6) is -0.0383. The van der Waals surface area contributed by atoms with E-state index in [4.69, 9.17) is 5.53 Å². The van der Waals surface area contributed by atoms with E-state index >= 15 is 0 Å². The number of nitrogens with zero attached hydrogens (tertiary/aromatic N) is 4. The number of pyridine rings is 1. The molecule has 0 spiro atoms. The molecule has 0 amide bonds. The Balaban J connectivity index is 2.28. The van der Waals surface area contributed by atoms with Crippen molar-refractivity contribution < 1.29 is 5.11 Å². The van der Waals surface area contributed by atoms with Gasteiger partial charge in [0.15, 0.2) is 0 Å². The van der Waals surface area contributed by atoms with Crippen molar-refractivity contribution in [3.05, 3.63) is 63.8 Å². The Labute approximate surface area is 110 Å². The fourth-order valence-corrected chi connectivity index (χ4v) is 1.61. The van der Waals surface area contributed by atoms with Gasteiger partial charge < -0.3 is 5.11 Å². The third-order valence-electron chi connectivity index (χ3n) is 2.51. The van der Waals surface area contributed by atoms with Gasteiger partial charge in [-0.3, -0.25) is 4.98 Å². The van der Waals surface area contributed by atoms with Gasteiger partial charge in [0.05, 0.1) is 11.4 Å². The lowest BCUT2D eigenvalue weighted by Gasteiger charge is -1.99. The first kappa shape index (κ1) is 12.7. The van der Waals surface area contributed by atoms with Gasteiger partial charge in [-0.25, -0.2) is 0 Å². The lowest BCUT2D eigenvalue weighted by molar-refractivity contribution is 0.476. The molecule has 94 valence electrons. The summed E-state index contributed by atoms with van der Waals surface area (Å²) in [5.41, 5.74) is 11.2. The van der Waals surface area contributed by atoms with Gasteiger partial charge in [-0.15, -0.1) is 0 Å². The number of aromatic nitrogens is 1. The van der Waals surface area contributed by atoms with Crippen molar-refractivity contribution in [2.45, 2.75) is 6.92 Å². The Morgan fingerprint density at radius 3 is 2.84 bits per heavy atom. The Kier molecular flexibility index (Phi) is 3.81.